The molecule has 0 aliphatic heterocycles. The quantitative estimate of drug-likeness (QED) is 0.465. The highest BCUT2D eigenvalue weighted by Crippen LogP contribution is 2.47. The van der Waals surface area contributed by atoms with Crippen LogP contribution in [0.4, 0.5) is 5.69 Å². The number of anilines is 1. The van der Waals surface area contributed by atoms with Crippen molar-refractivity contribution in [2.24, 2.45) is 11.0 Å². The third kappa shape index (κ3) is 4.30. The summed E-state index contributed by atoms with van der Waals surface area (Å²) in [5.74, 6) is 4.28. The zero-order valence-electron chi connectivity index (χ0n) is 14.4. The summed E-state index contributed by atoms with van der Waals surface area (Å²) in [7, 11) is 3.18. The molecule has 1 fully saturated rings. The largest absolute Gasteiger partial charge is 0.493 e. The van der Waals surface area contributed by atoms with Crippen LogP contribution in [0.25, 0.3) is 0 Å². The Morgan fingerprint density at radius 1 is 1.24 bits per heavy atom. The third-order valence-electron chi connectivity index (χ3n) is 4.12. The van der Waals surface area contributed by atoms with E-state index in [1.807, 2.05) is 18.2 Å². The lowest BCUT2D eigenvalue weighted by Crippen LogP contribution is -2.23. The van der Waals surface area contributed by atoms with Crippen molar-refractivity contribution in [1.82, 2.24) is 5.43 Å². The van der Waals surface area contributed by atoms with E-state index < -0.39 is 0 Å². The van der Waals surface area contributed by atoms with Crippen molar-refractivity contribution < 1.29 is 13.9 Å². The fraction of sp³-hybridized carbons (Fsp3) is 0.333. The first kappa shape index (κ1) is 17.3. The Balaban J connectivity index is 1.53. The van der Waals surface area contributed by atoms with Crippen molar-refractivity contribution in [3.63, 3.8) is 0 Å². The van der Waals surface area contributed by atoms with Gasteiger partial charge < -0.3 is 19.2 Å². The summed E-state index contributed by atoms with van der Waals surface area (Å²) in [6, 6.07) is 9.36. The topological polar surface area (TPSA) is 68.0 Å². The highest BCUT2D eigenvalue weighted by atomic mass is 32.1. The van der Waals surface area contributed by atoms with E-state index >= 15 is 0 Å². The number of ether oxygens (including phenoxy) is 2. The van der Waals surface area contributed by atoms with Crippen molar-refractivity contribution in [2.75, 3.05) is 19.5 Å². The summed E-state index contributed by atoms with van der Waals surface area (Å²) in [5, 5.41) is 7.50. The molecule has 2 atom stereocenters. The molecule has 0 unspecified atom stereocenters. The van der Waals surface area contributed by atoms with Gasteiger partial charge in [0.05, 0.1) is 20.4 Å². The van der Waals surface area contributed by atoms with Crippen LogP contribution < -0.4 is 20.2 Å². The van der Waals surface area contributed by atoms with Crippen LogP contribution in [0, 0.1) is 5.92 Å². The van der Waals surface area contributed by atoms with Gasteiger partial charge in [0.25, 0.3) is 0 Å². The van der Waals surface area contributed by atoms with Crippen LogP contribution in [-0.2, 0) is 0 Å². The van der Waals surface area contributed by atoms with Crippen LogP contribution in [0.15, 0.2) is 39.9 Å². The average molecular weight is 359 g/mol. The van der Waals surface area contributed by atoms with Gasteiger partial charge in [-0.05, 0) is 48.8 Å². The molecule has 132 valence electrons. The van der Waals surface area contributed by atoms with Crippen LogP contribution in [0.5, 0.6) is 11.5 Å². The molecule has 1 aliphatic rings. The van der Waals surface area contributed by atoms with E-state index in [4.69, 9.17) is 26.1 Å². The maximum Gasteiger partial charge on any atom is 0.191 e. The molecular weight excluding hydrogens is 338 g/mol. The van der Waals surface area contributed by atoms with Crippen molar-refractivity contribution >= 4 is 29.2 Å². The standard InChI is InChI=1S/C18H21N3O3S/c1-11-8-14(11)15-7-5-13(24-15)10-19-21-18(25)20-12-4-6-16(22-2)17(9-12)23-3/h4-7,9-11,14H,8H2,1-3H3,(H2,20,21,25)/b19-10-/t11-,14+/m0/s1. The summed E-state index contributed by atoms with van der Waals surface area (Å²) in [4.78, 5) is 0. The Kier molecular flexibility index (Phi) is 5.23. The second kappa shape index (κ2) is 7.57. The molecule has 0 amide bonds. The van der Waals surface area contributed by atoms with E-state index in [1.165, 1.54) is 6.42 Å². The van der Waals surface area contributed by atoms with Gasteiger partial charge in [-0.15, -0.1) is 0 Å². The number of nitrogens with zero attached hydrogens (tertiary/aromatic N) is 1. The first-order valence-electron chi connectivity index (χ1n) is 8.02. The van der Waals surface area contributed by atoms with Crippen LogP contribution in [0.3, 0.4) is 0 Å². The number of hydrogen-bond donors (Lipinski definition) is 2. The van der Waals surface area contributed by atoms with Crippen molar-refractivity contribution in [3.8, 4) is 11.5 Å². The molecule has 0 bridgehead atoms. The fourth-order valence-electron chi connectivity index (χ4n) is 2.58. The molecule has 1 aliphatic carbocycles. The molecule has 1 aromatic carbocycles. The van der Waals surface area contributed by atoms with Crippen molar-refractivity contribution in [1.29, 1.82) is 0 Å². The van der Waals surface area contributed by atoms with E-state index in [9.17, 15) is 0 Å². The first-order valence-corrected chi connectivity index (χ1v) is 8.43. The Labute approximate surface area is 152 Å². The normalized spacial score (nSPS) is 18.8. The predicted molar refractivity (Wildman–Crippen MR) is 102 cm³/mol. The molecular formula is C18H21N3O3S. The number of methoxy groups -OCH3 is 2. The van der Waals surface area contributed by atoms with E-state index in [2.05, 4.69) is 22.8 Å². The second-order valence-corrected chi connectivity index (χ2v) is 6.36. The van der Waals surface area contributed by atoms with Crippen molar-refractivity contribution in [3.05, 3.63) is 41.9 Å². The molecule has 1 saturated carbocycles. The van der Waals surface area contributed by atoms with Crippen molar-refractivity contribution in [2.45, 2.75) is 19.3 Å². The SMILES string of the molecule is COc1ccc(NC(=S)N/N=C\c2ccc([C@@H]3C[C@@H]3C)o2)cc1OC. The zero-order valence-corrected chi connectivity index (χ0v) is 15.2. The summed E-state index contributed by atoms with van der Waals surface area (Å²) in [6.07, 6.45) is 2.81. The molecule has 6 nitrogen and oxygen atoms in total. The maximum absolute atomic E-state index is 5.75. The van der Waals surface area contributed by atoms with Gasteiger partial charge in [-0.3, -0.25) is 5.43 Å². The number of hydrogen-bond acceptors (Lipinski definition) is 5. The van der Waals surface area contributed by atoms with Crippen LogP contribution in [0.2, 0.25) is 0 Å². The van der Waals surface area contributed by atoms with E-state index in [0.29, 0.717) is 34.2 Å². The van der Waals surface area contributed by atoms with Gasteiger partial charge in [0.15, 0.2) is 16.6 Å². The van der Waals surface area contributed by atoms with E-state index in [-0.39, 0.29) is 0 Å². The summed E-state index contributed by atoms with van der Waals surface area (Å²) in [5.41, 5.74) is 3.54. The molecule has 7 heteroatoms. The average Bonchev–Trinajstić information content (AvgIpc) is 3.15. The third-order valence-corrected chi connectivity index (χ3v) is 4.32. The highest BCUT2D eigenvalue weighted by molar-refractivity contribution is 7.80. The number of nitrogens with one attached hydrogen (secondary N) is 2. The molecule has 2 aromatic rings. The lowest BCUT2D eigenvalue weighted by molar-refractivity contribution is 0.355. The van der Waals surface area contributed by atoms with Gasteiger partial charge in [-0.2, -0.15) is 5.10 Å². The molecule has 0 spiro atoms. The van der Waals surface area contributed by atoms with Crippen LogP contribution >= 0.6 is 12.2 Å². The number of rotatable bonds is 6. The monoisotopic (exact) mass is 359 g/mol. The Morgan fingerprint density at radius 2 is 2.00 bits per heavy atom. The second-order valence-electron chi connectivity index (χ2n) is 5.95. The smallest absolute Gasteiger partial charge is 0.191 e. The minimum Gasteiger partial charge on any atom is -0.493 e. The summed E-state index contributed by atoms with van der Waals surface area (Å²) in [6.45, 7) is 2.22. The number of furan rings is 1. The lowest BCUT2D eigenvalue weighted by Gasteiger charge is -2.11. The number of benzene rings is 1. The van der Waals surface area contributed by atoms with Crippen LogP contribution in [0.1, 0.15) is 30.8 Å². The summed E-state index contributed by atoms with van der Waals surface area (Å²) < 4.78 is 16.2. The fourth-order valence-corrected chi connectivity index (χ4v) is 2.75. The van der Waals surface area contributed by atoms with Gasteiger partial charge in [-0.25, -0.2) is 0 Å². The molecule has 25 heavy (non-hydrogen) atoms. The van der Waals surface area contributed by atoms with E-state index in [0.717, 1.165) is 11.4 Å². The molecule has 1 aromatic heterocycles. The molecule has 3 rings (SSSR count). The molecule has 1 heterocycles. The molecule has 0 saturated heterocycles. The molecule has 0 radical (unpaired) electrons. The minimum atomic E-state index is 0.367. The Bertz CT molecular complexity index is 788. The van der Waals surface area contributed by atoms with Gasteiger partial charge in [0.1, 0.15) is 11.5 Å². The van der Waals surface area contributed by atoms with Gasteiger partial charge >= 0.3 is 0 Å². The highest BCUT2D eigenvalue weighted by Gasteiger charge is 2.36. The predicted octanol–water partition coefficient (Wildman–Crippen LogP) is 3.74. The number of thiocarbonyl (C=S) groups is 1. The zero-order chi connectivity index (χ0) is 17.8. The maximum atomic E-state index is 5.75. The number of hydrazone groups is 1. The van der Waals surface area contributed by atoms with Gasteiger partial charge in [-0.1, -0.05) is 6.92 Å². The van der Waals surface area contributed by atoms with E-state index in [1.54, 1.807) is 32.6 Å². The Hall–Kier alpha value is -2.54. The summed E-state index contributed by atoms with van der Waals surface area (Å²) >= 11 is 5.23. The van der Waals surface area contributed by atoms with Crippen LogP contribution in [-0.4, -0.2) is 25.5 Å². The first-order chi connectivity index (χ1) is 12.1. The minimum absolute atomic E-state index is 0.367. The van der Waals surface area contributed by atoms with Gasteiger partial charge in [0.2, 0.25) is 0 Å². The lowest BCUT2D eigenvalue weighted by atomic mass is 10.3. The van der Waals surface area contributed by atoms with Gasteiger partial charge in [0, 0.05) is 17.7 Å². The molecule has 2 N–H and O–H groups in total. The Morgan fingerprint density at radius 3 is 2.68 bits per heavy atom.